The Morgan fingerprint density at radius 2 is 1.04 bits per heavy atom. The number of hydrogen-bond donors (Lipinski definition) is 0. The van der Waals surface area contributed by atoms with E-state index in [0.717, 1.165) is 11.4 Å². The van der Waals surface area contributed by atoms with E-state index in [0.29, 0.717) is 0 Å². The second kappa shape index (κ2) is 98.7. The Bertz CT molecular complexity index is 927. The van der Waals surface area contributed by atoms with Crippen LogP contribution < -0.4 is 4.90 Å². The standard InChI is InChI=1S/C14H15N.C13H14N.C2H4S.4C2H6.3CH4.4W.3Y/c1-3-4-5-6-10-13-15(2)14-11-8-7-9-12-14;1-3-4-5-9-12-14(2)13-10-7-6-8-11-13;1-2-3;4*1-2;;;;;;;;;;/h3-11H,1-2H3;3-10H,1-2H3;2H,1H3;4*1-2H3;3*1H4;;;;;;;/q-2;-1;;;;;;;;;;;;;;;. The van der Waals surface area contributed by atoms with Crippen molar-refractivity contribution in [2.75, 3.05) is 19.0 Å². The van der Waals surface area contributed by atoms with Crippen LogP contribution in [-0.4, -0.2) is 30.3 Å². The molecule has 0 amide bonds. The van der Waals surface area contributed by atoms with Gasteiger partial charge in [0.25, 0.3) is 0 Å². The zero-order valence-corrected chi connectivity index (χ0v) is 52.1. The molecular formula is C40H69N2SW4Y3-3. The van der Waals surface area contributed by atoms with Crippen molar-refractivity contribution in [3.8, 4) is 0 Å². The molecule has 281 valence electrons. The van der Waals surface area contributed by atoms with E-state index in [9.17, 15) is 0 Å². The molecule has 50 heavy (non-hydrogen) atoms. The number of anilines is 1. The van der Waals surface area contributed by atoms with Crippen LogP contribution in [0.25, 0.3) is 0 Å². The van der Waals surface area contributed by atoms with Crippen LogP contribution in [0.3, 0.4) is 0 Å². The van der Waals surface area contributed by atoms with Crippen LogP contribution in [0, 0.1) is 18.3 Å². The van der Waals surface area contributed by atoms with Gasteiger partial charge in [0.2, 0.25) is 0 Å². The summed E-state index contributed by atoms with van der Waals surface area (Å²) in [5.74, 6) is 0. The maximum Gasteiger partial charge on any atom is 0.113 e. The SMILES string of the molecule is C.C.C.CC.CC.CC.CC.CC=CC=CC=[C-]N(C)c1[c-]cccc1.CC=CC=C[C-]=[N+](C)c1[c-]cccc1.CC=S.[W].[W].[W].[W].[Y].[Y].[Y]. The third-order valence-corrected chi connectivity index (χ3v) is 3.56. The van der Waals surface area contributed by atoms with Crippen LogP contribution in [-0.2, 0) is 182 Å². The smallest absolute Gasteiger partial charge is 0.113 e. The van der Waals surface area contributed by atoms with Crippen molar-refractivity contribution < 1.29 is 187 Å². The summed E-state index contributed by atoms with van der Waals surface area (Å²) in [6, 6.07) is 21.9. The summed E-state index contributed by atoms with van der Waals surface area (Å²) in [4.78, 5) is 1.90. The first-order chi connectivity index (χ1) is 19.6. The summed E-state index contributed by atoms with van der Waals surface area (Å²) in [7, 11) is 3.90. The van der Waals surface area contributed by atoms with Gasteiger partial charge in [-0.1, -0.05) is 108 Å². The Morgan fingerprint density at radius 3 is 1.40 bits per heavy atom. The summed E-state index contributed by atoms with van der Waals surface area (Å²) in [5.41, 5.74) is 2.02. The van der Waals surface area contributed by atoms with Crippen LogP contribution in [0.15, 0.2) is 103 Å². The molecule has 0 saturated carbocycles. The Morgan fingerprint density at radius 1 is 0.640 bits per heavy atom. The van der Waals surface area contributed by atoms with Gasteiger partial charge in [-0.15, -0.1) is 24.4 Å². The van der Waals surface area contributed by atoms with Gasteiger partial charge in [0.1, 0.15) is 13.3 Å². The quantitative estimate of drug-likeness (QED) is 0.0681. The minimum absolute atomic E-state index is 0. The number of para-hydroxylation sites is 2. The molecule has 0 unspecified atom stereocenters. The molecule has 10 heteroatoms. The second-order valence-electron chi connectivity index (χ2n) is 6.07. The number of hydrogen-bond acceptors (Lipinski definition) is 2. The van der Waals surface area contributed by atoms with Crippen molar-refractivity contribution >= 4 is 35.2 Å². The van der Waals surface area contributed by atoms with E-state index >= 15 is 0 Å². The molecule has 0 saturated heterocycles. The molecule has 0 bridgehead atoms. The topological polar surface area (TPSA) is 6.25 Å². The van der Waals surface area contributed by atoms with Gasteiger partial charge in [-0.2, -0.15) is 72.4 Å². The van der Waals surface area contributed by atoms with Gasteiger partial charge < -0.3 is 9.48 Å². The fourth-order valence-corrected chi connectivity index (χ4v) is 2.03. The van der Waals surface area contributed by atoms with E-state index in [1.54, 1.807) is 5.37 Å². The van der Waals surface area contributed by atoms with Gasteiger partial charge in [-0.25, -0.2) is 12.1 Å². The Labute approximate surface area is 453 Å². The summed E-state index contributed by atoms with van der Waals surface area (Å²) in [5, 5.41) is 1.58. The molecule has 2 aromatic carbocycles. The van der Waals surface area contributed by atoms with Crippen LogP contribution in [0.2, 0.25) is 0 Å². The second-order valence-corrected chi connectivity index (χ2v) is 6.54. The Hall–Kier alpha value is 2.76. The summed E-state index contributed by atoms with van der Waals surface area (Å²) in [6.07, 6.45) is 23.7. The third kappa shape index (κ3) is 79.5. The zero-order chi connectivity index (χ0) is 31.9. The van der Waals surface area contributed by atoms with E-state index in [2.05, 4.69) is 36.8 Å². The molecule has 2 nitrogen and oxygen atoms in total. The average molecular weight is 1610 g/mol. The van der Waals surface area contributed by atoms with Crippen LogP contribution >= 0.6 is 12.2 Å². The molecule has 0 spiro atoms. The van der Waals surface area contributed by atoms with Crippen molar-refractivity contribution in [1.29, 1.82) is 0 Å². The van der Waals surface area contributed by atoms with Gasteiger partial charge in [0.15, 0.2) is 0 Å². The summed E-state index contributed by atoms with van der Waals surface area (Å²) in [6.45, 7) is 21.8. The maximum absolute atomic E-state index is 4.27. The molecule has 0 aromatic heterocycles. The van der Waals surface area contributed by atoms with Crippen molar-refractivity contribution in [2.24, 2.45) is 0 Å². The monoisotopic (exact) mass is 1610 g/mol. The molecule has 0 atom stereocenters. The largest absolute Gasteiger partial charge is 0.479 e. The Balaban J connectivity index is -0.0000000254. The van der Waals surface area contributed by atoms with E-state index in [1.807, 2.05) is 203 Å². The van der Waals surface area contributed by atoms with Crippen molar-refractivity contribution in [1.82, 2.24) is 0 Å². The van der Waals surface area contributed by atoms with E-state index in [4.69, 9.17) is 0 Å². The molecule has 3 radical (unpaired) electrons. The average Bonchev–Trinajstić information content (AvgIpc) is 3.04. The van der Waals surface area contributed by atoms with Crippen LogP contribution in [0.5, 0.6) is 0 Å². The first-order valence-corrected chi connectivity index (χ1v) is 14.8. The van der Waals surface area contributed by atoms with Crippen molar-refractivity contribution in [3.63, 3.8) is 0 Å². The molecule has 0 N–H and O–H groups in total. The van der Waals surface area contributed by atoms with Crippen LogP contribution in [0.1, 0.15) is 98.4 Å². The Kier molecular flexibility index (Phi) is 196. The minimum Gasteiger partial charge on any atom is -0.479 e. The van der Waals surface area contributed by atoms with Crippen molar-refractivity contribution in [2.45, 2.75) is 98.4 Å². The van der Waals surface area contributed by atoms with Crippen molar-refractivity contribution in [3.05, 3.63) is 122 Å². The van der Waals surface area contributed by atoms with Gasteiger partial charge in [-0.3, -0.25) is 0 Å². The molecular weight excluding hydrogens is 1540 g/mol. The molecule has 0 heterocycles. The van der Waals surface area contributed by atoms with Gasteiger partial charge in [0.05, 0.1) is 0 Å². The molecule has 0 aliphatic heterocycles. The predicted molar refractivity (Wildman–Crippen MR) is 210 cm³/mol. The number of rotatable bonds is 7. The zero-order valence-electron chi connectivity index (χ0n) is 31.1. The first kappa shape index (κ1) is 99.1. The summed E-state index contributed by atoms with van der Waals surface area (Å²) >= 11 is 4.27. The molecule has 0 aliphatic rings. The fraction of sp³-hybridized carbons (Fsp3) is 0.400. The number of thiocarbonyl (C=S) groups is 1. The first-order valence-electron chi connectivity index (χ1n) is 14.3. The normalized spacial score (nSPS) is 7.90. The number of allylic oxidation sites excluding steroid dienone is 9. The van der Waals surface area contributed by atoms with Gasteiger partial charge in [-0.05, 0) is 38.9 Å². The van der Waals surface area contributed by atoms with Gasteiger partial charge >= 0.3 is 0 Å². The van der Waals surface area contributed by atoms with E-state index in [-0.39, 0.29) is 205 Å². The number of benzene rings is 2. The molecule has 0 fully saturated rings. The minimum atomic E-state index is 0. The maximum atomic E-state index is 4.27. The summed E-state index contributed by atoms with van der Waals surface area (Å²) < 4.78 is 1.90. The molecule has 2 aromatic rings. The molecule has 0 aliphatic carbocycles. The fourth-order valence-electron chi connectivity index (χ4n) is 2.03. The van der Waals surface area contributed by atoms with Crippen LogP contribution in [0.4, 0.5) is 11.4 Å². The number of nitrogens with zero attached hydrogens (tertiary/aromatic N) is 2. The third-order valence-electron chi connectivity index (χ3n) is 3.56. The van der Waals surface area contributed by atoms with E-state index < -0.39 is 0 Å². The van der Waals surface area contributed by atoms with E-state index in [1.165, 1.54) is 0 Å². The molecule has 2 rings (SSSR count). The van der Waals surface area contributed by atoms with Gasteiger partial charge in [0, 0.05) is 182 Å². The predicted octanol–water partition coefficient (Wildman–Crippen LogP) is 13.2.